The Morgan fingerprint density at radius 2 is 1.61 bits per heavy atom. The summed E-state index contributed by atoms with van der Waals surface area (Å²) in [5, 5.41) is 3.29. The van der Waals surface area contributed by atoms with Crippen molar-refractivity contribution in [3.8, 4) is 0 Å². The van der Waals surface area contributed by atoms with Crippen LogP contribution in [-0.2, 0) is 0 Å². The van der Waals surface area contributed by atoms with E-state index < -0.39 is 0 Å². The lowest BCUT2D eigenvalue weighted by atomic mass is 10.0. The monoisotopic (exact) mass is 242 g/mol. The van der Waals surface area contributed by atoms with Crippen molar-refractivity contribution in [2.24, 2.45) is 0 Å². The maximum Gasteiger partial charge on any atom is 0.115 e. The minimum Gasteiger partial charge on any atom is -0.378 e. The lowest BCUT2D eigenvalue weighted by molar-refractivity contribution is 0.684. The molecule has 0 fully saturated rings. The molecule has 0 spiro atoms. The van der Waals surface area contributed by atoms with Gasteiger partial charge in [0.25, 0.3) is 0 Å². The quantitative estimate of drug-likeness (QED) is 0.888. The summed E-state index contributed by atoms with van der Waals surface area (Å²) in [6, 6.07) is 8.61. The van der Waals surface area contributed by atoms with E-state index in [0.717, 1.165) is 5.56 Å². The van der Waals surface area contributed by atoms with Gasteiger partial charge in [0.05, 0.1) is 6.04 Å². The van der Waals surface area contributed by atoms with Crippen molar-refractivity contribution in [2.75, 3.05) is 26.0 Å². The first kappa shape index (κ1) is 12.5. The normalized spacial score (nSPS) is 12.2. The van der Waals surface area contributed by atoms with Gasteiger partial charge >= 0.3 is 0 Å². The Morgan fingerprint density at radius 3 is 2.11 bits per heavy atom. The van der Waals surface area contributed by atoms with E-state index >= 15 is 0 Å². The summed E-state index contributed by atoms with van der Waals surface area (Å²) in [5.41, 5.74) is 3.47. The first-order valence-corrected chi connectivity index (χ1v) is 5.92. The molecule has 0 aliphatic rings. The number of benzene rings is 1. The van der Waals surface area contributed by atoms with E-state index in [1.807, 2.05) is 33.5 Å². The molecule has 1 aromatic carbocycles. The van der Waals surface area contributed by atoms with Crippen molar-refractivity contribution in [1.82, 2.24) is 15.3 Å². The molecule has 0 bridgehead atoms. The fourth-order valence-electron chi connectivity index (χ4n) is 1.95. The van der Waals surface area contributed by atoms with Gasteiger partial charge in [0, 0.05) is 37.7 Å². The van der Waals surface area contributed by atoms with Gasteiger partial charge in [-0.05, 0) is 24.7 Å². The maximum atomic E-state index is 4.07. The summed E-state index contributed by atoms with van der Waals surface area (Å²) in [6.07, 6.45) is 5.23. The zero-order chi connectivity index (χ0) is 13.0. The number of rotatable bonds is 4. The van der Waals surface area contributed by atoms with Gasteiger partial charge in [-0.3, -0.25) is 0 Å². The van der Waals surface area contributed by atoms with Crippen molar-refractivity contribution >= 4 is 5.69 Å². The number of hydrogen-bond donors (Lipinski definition) is 1. The third-order valence-electron chi connectivity index (χ3n) is 2.95. The van der Waals surface area contributed by atoms with Crippen LogP contribution in [0.4, 0.5) is 5.69 Å². The highest BCUT2D eigenvalue weighted by Crippen LogP contribution is 2.22. The average Bonchev–Trinajstić information content (AvgIpc) is 2.41. The molecule has 0 saturated carbocycles. The predicted molar refractivity (Wildman–Crippen MR) is 73.7 cm³/mol. The average molecular weight is 242 g/mol. The molecular weight excluding hydrogens is 224 g/mol. The van der Waals surface area contributed by atoms with Crippen LogP contribution in [0.15, 0.2) is 43.0 Å². The highest BCUT2D eigenvalue weighted by atomic mass is 15.1. The predicted octanol–water partition coefficient (Wildman–Crippen LogP) is 1.85. The van der Waals surface area contributed by atoms with E-state index in [2.05, 4.69) is 44.5 Å². The third kappa shape index (κ3) is 2.65. The van der Waals surface area contributed by atoms with E-state index in [4.69, 9.17) is 0 Å². The second-order valence-corrected chi connectivity index (χ2v) is 4.38. The minimum absolute atomic E-state index is 0.127. The van der Waals surface area contributed by atoms with E-state index in [-0.39, 0.29) is 6.04 Å². The van der Waals surface area contributed by atoms with Crippen LogP contribution in [0.1, 0.15) is 17.2 Å². The third-order valence-corrected chi connectivity index (χ3v) is 2.95. The topological polar surface area (TPSA) is 41.0 Å². The van der Waals surface area contributed by atoms with Gasteiger partial charge in [-0.1, -0.05) is 12.1 Å². The molecule has 4 heteroatoms. The van der Waals surface area contributed by atoms with Gasteiger partial charge in [0.15, 0.2) is 0 Å². The van der Waals surface area contributed by atoms with Crippen molar-refractivity contribution < 1.29 is 0 Å². The molecule has 0 radical (unpaired) electrons. The summed E-state index contributed by atoms with van der Waals surface area (Å²) in [7, 11) is 6.02. The van der Waals surface area contributed by atoms with Gasteiger partial charge in [-0.2, -0.15) is 0 Å². The summed E-state index contributed by atoms with van der Waals surface area (Å²) >= 11 is 0. The molecule has 0 amide bonds. The highest BCUT2D eigenvalue weighted by Gasteiger charge is 2.12. The molecule has 1 N–H and O–H groups in total. The van der Waals surface area contributed by atoms with Crippen molar-refractivity contribution in [2.45, 2.75) is 6.04 Å². The standard InChI is InChI=1S/C14H18N4/c1-15-14(12-8-16-10-17-9-12)11-4-6-13(7-5-11)18(2)3/h4-10,14-15H,1-3H3. The van der Waals surface area contributed by atoms with Crippen LogP contribution in [0.2, 0.25) is 0 Å². The summed E-state index contributed by atoms with van der Waals surface area (Å²) in [4.78, 5) is 10.2. The number of anilines is 1. The second-order valence-electron chi connectivity index (χ2n) is 4.38. The Morgan fingerprint density at radius 1 is 1.00 bits per heavy atom. The van der Waals surface area contributed by atoms with Crippen LogP contribution >= 0.6 is 0 Å². The summed E-state index contributed by atoms with van der Waals surface area (Å²) < 4.78 is 0. The van der Waals surface area contributed by atoms with Crippen LogP contribution in [0.25, 0.3) is 0 Å². The summed E-state index contributed by atoms with van der Waals surface area (Å²) in [5.74, 6) is 0. The zero-order valence-electron chi connectivity index (χ0n) is 11.0. The van der Waals surface area contributed by atoms with Gasteiger partial charge in [-0.15, -0.1) is 0 Å². The molecule has 2 aromatic rings. The molecule has 1 heterocycles. The lowest BCUT2D eigenvalue weighted by Gasteiger charge is -2.18. The van der Waals surface area contributed by atoms with E-state index in [1.165, 1.54) is 11.3 Å². The minimum atomic E-state index is 0.127. The van der Waals surface area contributed by atoms with Gasteiger partial charge in [-0.25, -0.2) is 9.97 Å². The molecule has 4 nitrogen and oxygen atoms in total. The fourth-order valence-corrected chi connectivity index (χ4v) is 1.95. The van der Waals surface area contributed by atoms with Crippen molar-refractivity contribution in [3.63, 3.8) is 0 Å². The number of nitrogens with zero attached hydrogens (tertiary/aromatic N) is 3. The molecule has 1 unspecified atom stereocenters. The lowest BCUT2D eigenvalue weighted by Crippen LogP contribution is -2.18. The first-order chi connectivity index (χ1) is 8.72. The largest absolute Gasteiger partial charge is 0.378 e. The molecule has 94 valence electrons. The number of nitrogens with one attached hydrogen (secondary N) is 1. The highest BCUT2D eigenvalue weighted by molar-refractivity contribution is 5.47. The smallest absolute Gasteiger partial charge is 0.115 e. The number of aromatic nitrogens is 2. The number of hydrogen-bond acceptors (Lipinski definition) is 4. The van der Waals surface area contributed by atoms with Crippen LogP contribution in [-0.4, -0.2) is 31.1 Å². The van der Waals surface area contributed by atoms with Crippen molar-refractivity contribution in [3.05, 3.63) is 54.1 Å². The zero-order valence-corrected chi connectivity index (χ0v) is 11.0. The SMILES string of the molecule is CNC(c1ccc(N(C)C)cc1)c1cncnc1. The second kappa shape index (κ2) is 5.60. The fraction of sp³-hybridized carbons (Fsp3) is 0.286. The molecule has 0 aliphatic carbocycles. The maximum absolute atomic E-state index is 4.07. The van der Waals surface area contributed by atoms with Crippen LogP contribution in [0.5, 0.6) is 0 Å². The van der Waals surface area contributed by atoms with Gasteiger partial charge in [0.1, 0.15) is 6.33 Å². The molecule has 0 aliphatic heterocycles. The van der Waals surface area contributed by atoms with Crippen molar-refractivity contribution in [1.29, 1.82) is 0 Å². The molecule has 0 saturated heterocycles. The molecule has 1 atom stereocenters. The van der Waals surface area contributed by atoms with Crippen LogP contribution in [0.3, 0.4) is 0 Å². The van der Waals surface area contributed by atoms with Gasteiger partial charge in [0.2, 0.25) is 0 Å². The van der Waals surface area contributed by atoms with E-state index in [1.54, 1.807) is 6.33 Å². The Labute approximate surface area is 108 Å². The van der Waals surface area contributed by atoms with Gasteiger partial charge < -0.3 is 10.2 Å². The molecule has 1 aromatic heterocycles. The van der Waals surface area contributed by atoms with Crippen LogP contribution in [0, 0.1) is 0 Å². The summed E-state index contributed by atoms with van der Waals surface area (Å²) in [6.45, 7) is 0. The first-order valence-electron chi connectivity index (χ1n) is 5.92. The molecule has 2 rings (SSSR count). The Kier molecular flexibility index (Phi) is 3.89. The Balaban J connectivity index is 2.28. The van der Waals surface area contributed by atoms with E-state index in [9.17, 15) is 0 Å². The van der Waals surface area contributed by atoms with Crippen LogP contribution < -0.4 is 10.2 Å². The van der Waals surface area contributed by atoms with E-state index in [0.29, 0.717) is 0 Å². The Bertz CT molecular complexity index is 479. The Hall–Kier alpha value is -1.94. The molecular formula is C14H18N4. The molecule has 18 heavy (non-hydrogen) atoms.